The van der Waals surface area contributed by atoms with Crippen molar-refractivity contribution in [2.75, 3.05) is 12.0 Å². The van der Waals surface area contributed by atoms with Crippen LogP contribution in [0.4, 0.5) is 17.1 Å². The van der Waals surface area contributed by atoms with E-state index in [1.165, 1.54) is 19.3 Å². The van der Waals surface area contributed by atoms with Gasteiger partial charge in [0.05, 0.1) is 32.3 Å². The van der Waals surface area contributed by atoms with E-state index in [2.05, 4.69) is 5.32 Å². The van der Waals surface area contributed by atoms with Crippen molar-refractivity contribution in [2.24, 2.45) is 0 Å². The molecule has 0 aromatic heterocycles. The molecule has 198 valence electrons. The number of hydrogen-bond acceptors (Lipinski definition) is 9. The zero-order valence-electron chi connectivity index (χ0n) is 19.5. The van der Waals surface area contributed by atoms with Crippen molar-refractivity contribution in [3.63, 3.8) is 0 Å². The van der Waals surface area contributed by atoms with Gasteiger partial charge in [-0.05, 0) is 88.9 Å². The summed E-state index contributed by atoms with van der Waals surface area (Å²) in [5.41, 5.74) is -0.516. The molecule has 0 spiro atoms. The van der Waals surface area contributed by atoms with Gasteiger partial charge < -0.3 is 9.47 Å². The summed E-state index contributed by atoms with van der Waals surface area (Å²) in [5, 5.41) is 25.4. The molecule has 1 aliphatic rings. The maximum Gasteiger partial charge on any atom is 0.318 e. The van der Waals surface area contributed by atoms with Gasteiger partial charge in [-0.25, -0.2) is 0 Å². The predicted octanol–water partition coefficient (Wildman–Crippen LogP) is 5.39. The lowest BCUT2D eigenvalue weighted by atomic mass is 10.1. The lowest BCUT2D eigenvalue weighted by molar-refractivity contribution is -0.394. The number of ether oxygens (including phenoxy) is 2. The van der Waals surface area contributed by atoms with Crippen molar-refractivity contribution in [3.8, 4) is 17.2 Å². The number of halogens is 2. The third-order valence-corrected chi connectivity index (χ3v) is 6.65. The topological polar surface area (TPSA) is 154 Å². The second-order valence-corrected chi connectivity index (χ2v) is 9.72. The summed E-state index contributed by atoms with van der Waals surface area (Å²) in [6.45, 7) is 0. The van der Waals surface area contributed by atoms with Crippen molar-refractivity contribution in [3.05, 3.63) is 94.6 Å². The predicted molar refractivity (Wildman–Crippen MR) is 153 cm³/mol. The Morgan fingerprint density at radius 2 is 1.72 bits per heavy atom. The summed E-state index contributed by atoms with van der Waals surface area (Å²) in [7, 11) is 1.33. The van der Waals surface area contributed by atoms with E-state index in [-0.39, 0.29) is 27.9 Å². The Bertz CT molecular complexity index is 1600. The van der Waals surface area contributed by atoms with Crippen LogP contribution in [0.25, 0.3) is 6.08 Å². The lowest BCUT2D eigenvalue weighted by Crippen LogP contribution is -2.54. The van der Waals surface area contributed by atoms with Crippen LogP contribution in [0, 0.1) is 23.8 Å². The molecule has 1 N–H and O–H groups in total. The standard InChI is InChI=1S/C24H14ClIN4O8S/c1-37-20-10-12(8-16-22(31)27-24(39)28(23(16)32)14-4-2-13(25)3-5-14)9-17(26)21(20)38-19-7-6-15(29(33)34)11-18(19)30(35)36/h2-11H,1H3,(H,27,31,39)/b16-8+. The number of amides is 2. The van der Waals surface area contributed by atoms with Crippen LogP contribution in [0.3, 0.4) is 0 Å². The summed E-state index contributed by atoms with van der Waals surface area (Å²) in [6.07, 6.45) is 1.34. The van der Waals surface area contributed by atoms with Crippen LogP contribution in [0.15, 0.2) is 60.2 Å². The Hall–Kier alpha value is -4.15. The number of nitrogens with zero attached hydrogens (tertiary/aromatic N) is 3. The normalized spacial score (nSPS) is 14.3. The third kappa shape index (κ3) is 5.81. The van der Waals surface area contributed by atoms with Crippen LogP contribution in [-0.4, -0.2) is 33.9 Å². The molecule has 3 aromatic carbocycles. The van der Waals surface area contributed by atoms with E-state index in [1.807, 2.05) is 22.6 Å². The van der Waals surface area contributed by atoms with Crippen molar-refractivity contribution < 1.29 is 28.9 Å². The number of nitro groups is 2. The molecular weight excluding hydrogens is 667 g/mol. The molecule has 3 aromatic rings. The molecule has 1 saturated heterocycles. The molecule has 39 heavy (non-hydrogen) atoms. The van der Waals surface area contributed by atoms with E-state index in [0.29, 0.717) is 19.8 Å². The fraction of sp³-hybridized carbons (Fsp3) is 0.0417. The Labute approximate surface area is 243 Å². The Kier molecular flexibility index (Phi) is 8.08. The molecule has 1 fully saturated rings. The maximum absolute atomic E-state index is 13.3. The number of rotatable bonds is 7. The summed E-state index contributed by atoms with van der Waals surface area (Å²) in [5.74, 6) is -1.41. The number of nitro benzene ring substituents is 2. The molecule has 4 rings (SSSR count). The number of benzene rings is 3. The summed E-state index contributed by atoms with van der Waals surface area (Å²) < 4.78 is 11.5. The minimum Gasteiger partial charge on any atom is -0.493 e. The highest BCUT2D eigenvalue weighted by Crippen LogP contribution is 2.41. The van der Waals surface area contributed by atoms with Gasteiger partial charge in [-0.1, -0.05) is 11.6 Å². The minimum atomic E-state index is -0.801. The second kappa shape index (κ2) is 11.3. The highest BCUT2D eigenvalue weighted by molar-refractivity contribution is 14.1. The second-order valence-electron chi connectivity index (χ2n) is 7.74. The van der Waals surface area contributed by atoms with Gasteiger partial charge in [0.2, 0.25) is 5.75 Å². The van der Waals surface area contributed by atoms with Gasteiger partial charge >= 0.3 is 5.69 Å². The minimum absolute atomic E-state index is 0.0839. The third-order valence-electron chi connectivity index (χ3n) is 5.31. The fourth-order valence-electron chi connectivity index (χ4n) is 3.53. The smallest absolute Gasteiger partial charge is 0.318 e. The van der Waals surface area contributed by atoms with E-state index < -0.39 is 33.0 Å². The van der Waals surface area contributed by atoms with E-state index >= 15 is 0 Å². The van der Waals surface area contributed by atoms with Gasteiger partial charge in [0.1, 0.15) is 5.57 Å². The number of thiocarbonyl (C=S) groups is 1. The van der Waals surface area contributed by atoms with Crippen LogP contribution in [0.2, 0.25) is 5.02 Å². The quantitative estimate of drug-likeness (QED) is 0.0864. The van der Waals surface area contributed by atoms with Crippen molar-refractivity contribution in [2.45, 2.75) is 0 Å². The Morgan fingerprint density at radius 3 is 2.33 bits per heavy atom. The Balaban J connectivity index is 1.71. The lowest BCUT2D eigenvalue weighted by Gasteiger charge is -2.29. The number of anilines is 1. The molecule has 15 heteroatoms. The summed E-state index contributed by atoms with van der Waals surface area (Å²) in [4.78, 5) is 48.1. The first kappa shape index (κ1) is 27.9. The first-order valence-electron chi connectivity index (χ1n) is 10.7. The van der Waals surface area contributed by atoms with Gasteiger partial charge in [0, 0.05) is 11.1 Å². The molecule has 12 nitrogen and oxygen atoms in total. The van der Waals surface area contributed by atoms with Gasteiger partial charge in [0.25, 0.3) is 17.5 Å². The van der Waals surface area contributed by atoms with E-state index in [4.69, 9.17) is 33.3 Å². The van der Waals surface area contributed by atoms with E-state index in [9.17, 15) is 29.8 Å². The molecule has 0 atom stereocenters. The maximum atomic E-state index is 13.3. The molecule has 1 heterocycles. The zero-order chi connectivity index (χ0) is 28.4. The van der Waals surface area contributed by atoms with Crippen molar-refractivity contribution in [1.82, 2.24) is 5.32 Å². The highest BCUT2D eigenvalue weighted by Gasteiger charge is 2.34. The number of methoxy groups -OCH3 is 1. The molecule has 0 saturated carbocycles. The average molecular weight is 681 g/mol. The average Bonchev–Trinajstić information content (AvgIpc) is 2.88. The molecular formula is C24H14ClIN4O8S. The van der Waals surface area contributed by atoms with Crippen LogP contribution >= 0.6 is 46.4 Å². The van der Waals surface area contributed by atoms with Crippen LogP contribution in [-0.2, 0) is 9.59 Å². The van der Waals surface area contributed by atoms with Crippen LogP contribution in [0.5, 0.6) is 17.2 Å². The Morgan fingerprint density at radius 1 is 1.03 bits per heavy atom. The summed E-state index contributed by atoms with van der Waals surface area (Å²) in [6, 6.07) is 12.3. The van der Waals surface area contributed by atoms with Gasteiger partial charge in [0.15, 0.2) is 16.6 Å². The molecule has 2 amide bonds. The number of carbonyl (C=O) groups excluding carboxylic acids is 2. The van der Waals surface area contributed by atoms with Gasteiger partial charge in [-0.3, -0.25) is 40.0 Å². The number of carbonyl (C=O) groups is 2. The van der Waals surface area contributed by atoms with Gasteiger partial charge in [-0.2, -0.15) is 0 Å². The van der Waals surface area contributed by atoms with E-state index in [1.54, 1.807) is 30.3 Å². The molecule has 0 aliphatic carbocycles. The monoisotopic (exact) mass is 680 g/mol. The number of nitrogens with one attached hydrogen (secondary N) is 1. The molecule has 1 aliphatic heterocycles. The van der Waals surface area contributed by atoms with Crippen molar-refractivity contribution >= 4 is 86.5 Å². The highest BCUT2D eigenvalue weighted by atomic mass is 127. The molecule has 0 unspecified atom stereocenters. The largest absolute Gasteiger partial charge is 0.493 e. The fourth-order valence-corrected chi connectivity index (χ4v) is 4.67. The van der Waals surface area contributed by atoms with E-state index in [0.717, 1.165) is 23.1 Å². The van der Waals surface area contributed by atoms with Crippen LogP contribution in [0.1, 0.15) is 5.56 Å². The number of hydrogen-bond donors (Lipinski definition) is 1. The van der Waals surface area contributed by atoms with Crippen molar-refractivity contribution in [1.29, 1.82) is 0 Å². The molecule has 0 bridgehead atoms. The number of non-ortho nitro benzene ring substituents is 1. The SMILES string of the molecule is COc1cc(/C=C2\C(=O)NC(=S)N(c3ccc(Cl)cc3)C2=O)cc(I)c1Oc1ccc([N+](=O)[O-])cc1[N+](=O)[O-]. The first-order valence-corrected chi connectivity index (χ1v) is 12.5. The van der Waals surface area contributed by atoms with Gasteiger partial charge in [-0.15, -0.1) is 0 Å². The summed E-state index contributed by atoms with van der Waals surface area (Å²) >= 11 is 13.0. The molecule has 0 radical (unpaired) electrons. The first-order chi connectivity index (χ1) is 18.5. The zero-order valence-corrected chi connectivity index (χ0v) is 23.3. The van der Waals surface area contributed by atoms with Crippen LogP contribution < -0.4 is 19.7 Å².